The fraction of sp³-hybridized carbons (Fsp3) is 0.320. The Morgan fingerprint density at radius 3 is 2.68 bits per heavy atom. The van der Waals surface area contributed by atoms with Crippen molar-refractivity contribution in [1.82, 2.24) is 10.3 Å². The van der Waals surface area contributed by atoms with Gasteiger partial charge in [-0.25, -0.2) is 9.78 Å². The van der Waals surface area contributed by atoms with E-state index in [9.17, 15) is 14.7 Å². The predicted octanol–water partition coefficient (Wildman–Crippen LogP) is 5.13. The number of methoxy groups -OCH3 is 1. The molecule has 34 heavy (non-hydrogen) atoms. The first-order valence-corrected chi connectivity index (χ1v) is 12.0. The molecule has 0 aliphatic rings. The molecule has 0 saturated heterocycles. The minimum absolute atomic E-state index is 0.196. The second-order valence-electron chi connectivity index (χ2n) is 7.63. The molecular formula is C25H27ClN2O5S. The van der Waals surface area contributed by atoms with E-state index in [4.69, 9.17) is 21.1 Å². The van der Waals surface area contributed by atoms with Crippen LogP contribution in [0, 0.1) is 6.92 Å². The van der Waals surface area contributed by atoms with E-state index in [2.05, 4.69) is 10.3 Å². The molecular weight excluding hydrogens is 476 g/mol. The van der Waals surface area contributed by atoms with Crippen molar-refractivity contribution in [3.05, 3.63) is 69.2 Å². The first-order chi connectivity index (χ1) is 16.3. The number of ether oxygens (including phenoxy) is 2. The van der Waals surface area contributed by atoms with Gasteiger partial charge in [0, 0.05) is 35.6 Å². The van der Waals surface area contributed by atoms with Crippen molar-refractivity contribution in [3.8, 4) is 16.3 Å². The molecule has 2 N–H and O–H groups in total. The van der Waals surface area contributed by atoms with Gasteiger partial charge in [-0.3, -0.25) is 4.79 Å². The smallest absolute Gasteiger partial charge is 0.333 e. The zero-order chi connectivity index (χ0) is 24.7. The molecule has 1 aromatic heterocycles. The lowest BCUT2D eigenvalue weighted by atomic mass is 10.0. The van der Waals surface area contributed by atoms with Gasteiger partial charge in [0.05, 0.1) is 12.1 Å². The number of aliphatic carboxylic acids is 1. The highest BCUT2D eigenvalue weighted by atomic mass is 35.5. The lowest BCUT2D eigenvalue weighted by Gasteiger charge is -2.15. The van der Waals surface area contributed by atoms with Crippen LogP contribution in [0.2, 0.25) is 5.02 Å². The van der Waals surface area contributed by atoms with Crippen LogP contribution in [-0.2, 0) is 22.5 Å². The van der Waals surface area contributed by atoms with E-state index in [1.54, 1.807) is 25.3 Å². The number of hydrogen-bond acceptors (Lipinski definition) is 6. The second-order valence-corrected chi connectivity index (χ2v) is 9.24. The maximum atomic E-state index is 12.9. The first-order valence-electron chi connectivity index (χ1n) is 10.8. The third-order valence-corrected chi connectivity index (χ3v) is 6.45. The number of benzene rings is 2. The van der Waals surface area contributed by atoms with Crippen LogP contribution in [0.4, 0.5) is 0 Å². The van der Waals surface area contributed by atoms with Crippen LogP contribution >= 0.6 is 22.9 Å². The monoisotopic (exact) mass is 502 g/mol. The fourth-order valence-corrected chi connectivity index (χ4v) is 4.64. The number of carboxylic acids is 1. The average molecular weight is 503 g/mol. The summed E-state index contributed by atoms with van der Waals surface area (Å²) in [6.45, 7) is 4.34. The van der Waals surface area contributed by atoms with E-state index in [1.807, 2.05) is 38.1 Å². The lowest BCUT2D eigenvalue weighted by molar-refractivity contribution is -0.150. The maximum Gasteiger partial charge on any atom is 0.333 e. The molecule has 0 aliphatic heterocycles. The molecule has 7 nitrogen and oxygen atoms in total. The number of rotatable bonds is 11. The molecule has 0 aliphatic carbocycles. The van der Waals surface area contributed by atoms with Gasteiger partial charge in [0.1, 0.15) is 16.5 Å². The molecule has 180 valence electrons. The number of hydrogen-bond donors (Lipinski definition) is 2. The third kappa shape index (κ3) is 6.34. The summed E-state index contributed by atoms with van der Waals surface area (Å²) in [5.41, 5.74) is 2.63. The summed E-state index contributed by atoms with van der Waals surface area (Å²) < 4.78 is 10.9. The van der Waals surface area contributed by atoms with Crippen LogP contribution in [0.5, 0.6) is 5.75 Å². The van der Waals surface area contributed by atoms with Gasteiger partial charge in [-0.2, -0.15) is 0 Å². The number of carbonyl (C=O) groups is 2. The largest absolute Gasteiger partial charge is 0.496 e. The Labute approximate surface area is 207 Å². The number of thiazole rings is 1. The van der Waals surface area contributed by atoms with Gasteiger partial charge in [-0.1, -0.05) is 48.9 Å². The van der Waals surface area contributed by atoms with Gasteiger partial charge in [-0.15, -0.1) is 11.3 Å². The van der Waals surface area contributed by atoms with Gasteiger partial charge in [-0.05, 0) is 31.0 Å². The quantitative estimate of drug-likeness (QED) is 0.377. The molecule has 0 fully saturated rings. The zero-order valence-electron chi connectivity index (χ0n) is 19.3. The standard InChI is InChI=1S/C25H27ClN2O5S/c1-4-11-33-21(25(30)31)13-16-9-10-20(32-3)17(12-16)14-27-23(29)22-15(2)34-24(28-22)18-7-5-6-8-19(18)26/h5-10,12,21H,4,11,13-14H2,1-3H3,(H,27,29)(H,30,31). The van der Waals surface area contributed by atoms with Crippen molar-refractivity contribution < 1.29 is 24.2 Å². The van der Waals surface area contributed by atoms with Gasteiger partial charge < -0.3 is 19.9 Å². The number of nitrogens with zero attached hydrogens (tertiary/aromatic N) is 1. The summed E-state index contributed by atoms with van der Waals surface area (Å²) in [6.07, 6.45) is 0.0153. The predicted molar refractivity (Wildman–Crippen MR) is 133 cm³/mol. The van der Waals surface area contributed by atoms with Crippen molar-refractivity contribution in [2.24, 2.45) is 0 Å². The maximum absolute atomic E-state index is 12.9. The van der Waals surface area contributed by atoms with E-state index in [0.717, 1.165) is 28.0 Å². The SMILES string of the molecule is CCCOC(Cc1ccc(OC)c(CNC(=O)c2nc(-c3ccccc3Cl)sc2C)c1)C(=O)O. The van der Waals surface area contributed by atoms with Crippen molar-refractivity contribution in [2.75, 3.05) is 13.7 Å². The summed E-state index contributed by atoms with van der Waals surface area (Å²) >= 11 is 7.69. The summed E-state index contributed by atoms with van der Waals surface area (Å²) in [5.74, 6) is -0.723. The summed E-state index contributed by atoms with van der Waals surface area (Å²) in [6, 6.07) is 12.8. The molecule has 1 heterocycles. The van der Waals surface area contributed by atoms with E-state index in [-0.39, 0.29) is 18.9 Å². The Kier molecular flexibility index (Phi) is 9.04. The lowest BCUT2D eigenvalue weighted by Crippen LogP contribution is -2.27. The fourth-order valence-electron chi connectivity index (χ4n) is 3.40. The topological polar surface area (TPSA) is 97.8 Å². The normalized spacial score (nSPS) is 11.8. The van der Waals surface area contributed by atoms with Gasteiger partial charge in [0.15, 0.2) is 6.10 Å². The molecule has 1 atom stereocenters. The van der Waals surface area contributed by atoms with Crippen LogP contribution in [0.1, 0.15) is 39.8 Å². The Hall–Kier alpha value is -2.94. The first kappa shape index (κ1) is 25.7. The molecule has 3 rings (SSSR count). The molecule has 9 heteroatoms. The molecule has 0 radical (unpaired) electrons. The molecule has 0 saturated carbocycles. The van der Waals surface area contributed by atoms with Gasteiger partial charge in [0.25, 0.3) is 5.91 Å². The number of aryl methyl sites for hydroxylation is 1. The van der Waals surface area contributed by atoms with Gasteiger partial charge >= 0.3 is 5.97 Å². The average Bonchev–Trinajstić information content (AvgIpc) is 3.21. The van der Waals surface area contributed by atoms with Crippen molar-refractivity contribution >= 4 is 34.8 Å². The molecule has 0 spiro atoms. The van der Waals surface area contributed by atoms with Crippen molar-refractivity contribution in [1.29, 1.82) is 0 Å². The number of carboxylic acid groups (broad SMARTS) is 1. The molecule has 1 unspecified atom stereocenters. The van der Waals surface area contributed by atoms with E-state index >= 15 is 0 Å². The van der Waals surface area contributed by atoms with E-state index < -0.39 is 12.1 Å². The highest BCUT2D eigenvalue weighted by molar-refractivity contribution is 7.15. The highest BCUT2D eigenvalue weighted by Crippen LogP contribution is 2.32. The molecule has 3 aromatic rings. The second kappa shape index (κ2) is 12.0. The summed E-state index contributed by atoms with van der Waals surface area (Å²) in [5, 5.41) is 13.6. The Balaban J connectivity index is 1.74. The van der Waals surface area contributed by atoms with Crippen LogP contribution in [0.15, 0.2) is 42.5 Å². The van der Waals surface area contributed by atoms with Crippen LogP contribution in [0.3, 0.4) is 0 Å². The van der Waals surface area contributed by atoms with Crippen LogP contribution < -0.4 is 10.1 Å². The van der Waals surface area contributed by atoms with Crippen molar-refractivity contribution in [3.63, 3.8) is 0 Å². The minimum atomic E-state index is -1.01. The number of halogens is 1. The number of nitrogens with one attached hydrogen (secondary N) is 1. The summed E-state index contributed by atoms with van der Waals surface area (Å²) in [7, 11) is 1.55. The Morgan fingerprint density at radius 2 is 2.00 bits per heavy atom. The molecule has 2 aromatic carbocycles. The van der Waals surface area contributed by atoms with E-state index in [0.29, 0.717) is 28.1 Å². The van der Waals surface area contributed by atoms with E-state index in [1.165, 1.54) is 11.3 Å². The third-order valence-electron chi connectivity index (χ3n) is 5.12. The van der Waals surface area contributed by atoms with Crippen LogP contribution in [0.25, 0.3) is 10.6 Å². The number of aromatic nitrogens is 1. The Morgan fingerprint density at radius 1 is 1.24 bits per heavy atom. The minimum Gasteiger partial charge on any atom is -0.496 e. The summed E-state index contributed by atoms with van der Waals surface area (Å²) in [4.78, 5) is 29.7. The van der Waals surface area contributed by atoms with Crippen LogP contribution in [-0.4, -0.2) is 41.8 Å². The highest BCUT2D eigenvalue weighted by Gasteiger charge is 2.20. The Bertz CT molecular complexity index is 1160. The number of carbonyl (C=O) groups excluding carboxylic acids is 1. The van der Waals surface area contributed by atoms with Gasteiger partial charge in [0.2, 0.25) is 0 Å². The number of amides is 1. The zero-order valence-corrected chi connectivity index (χ0v) is 20.8. The molecule has 1 amide bonds. The van der Waals surface area contributed by atoms with Crippen molar-refractivity contribution in [2.45, 2.75) is 39.3 Å². The molecule has 0 bridgehead atoms.